The van der Waals surface area contributed by atoms with E-state index in [-0.39, 0.29) is 11.6 Å². The van der Waals surface area contributed by atoms with Crippen molar-refractivity contribution in [1.82, 2.24) is 19.4 Å². The van der Waals surface area contributed by atoms with E-state index < -0.39 is 6.09 Å². The molecule has 0 aliphatic carbocycles. The number of anilines is 2. The Balaban J connectivity index is 1.64. The number of rotatable bonds is 4. The van der Waals surface area contributed by atoms with Crippen LogP contribution in [0, 0.1) is 18.3 Å². The van der Waals surface area contributed by atoms with Gasteiger partial charge in [0.15, 0.2) is 5.65 Å². The first kappa shape index (κ1) is 21.5. The SMILES string of the molecule is COC(=O)Nc1ccc(-c2cnc3cnc(C(=O)N(C)c4ccc(C#N)c(C)c4)cn23)cn1. The molecule has 0 atom stereocenters. The first-order valence-electron chi connectivity index (χ1n) is 9.84. The zero-order valence-electron chi connectivity index (χ0n) is 18.1. The molecule has 0 aliphatic rings. The van der Waals surface area contributed by atoms with Crippen LogP contribution in [0.25, 0.3) is 16.9 Å². The van der Waals surface area contributed by atoms with Crippen molar-refractivity contribution in [2.45, 2.75) is 6.92 Å². The first-order chi connectivity index (χ1) is 15.9. The highest BCUT2D eigenvalue weighted by Crippen LogP contribution is 2.23. The number of amides is 2. The maximum absolute atomic E-state index is 13.1. The minimum absolute atomic E-state index is 0.225. The summed E-state index contributed by atoms with van der Waals surface area (Å²) in [5.41, 5.74) is 4.23. The third kappa shape index (κ3) is 4.20. The van der Waals surface area contributed by atoms with E-state index in [0.29, 0.717) is 28.4 Å². The number of nitrogens with zero attached hydrogens (tertiary/aromatic N) is 6. The Morgan fingerprint density at radius 1 is 1.12 bits per heavy atom. The van der Waals surface area contributed by atoms with Gasteiger partial charge in [-0.15, -0.1) is 0 Å². The van der Waals surface area contributed by atoms with Crippen molar-refractivity contribution in [3.8, 4) is 17.3 Å². The normalized spacial score (nSPS) is 10.5. The zero-order valence-corrected chi connectivity index (χ0v) is 18.1. The summed E-state index contributed by atoms with van der Waals surface area (Å²) in [7, 11) is 2.93. The predicted molar refractivity (Wildman–Crippen MR) is 121 cm³/mol. The van der Waals surface area contributed by atoms with E-state index in [4.69, 9.17) is 5.26 Å². The fourth-order valence-electron chi connectivity index (χ4n) is 3.26. The number of pyridine rings is 1. The van der Waals surface area contributed by atoms with Gasteiger partial charge in [-0.25, -0.2) is 19.7 Å². The van der Waals surface area contributed by atoms with Gasteiger partial charge in [0.1, 0.15) is 11.5 Å². The van der Waals surface area contributed by atoms with E-state index in [2.05, 4.69) is 31.1 Å². The minimum atomic E-state index is -0.610. The third-order valence-corrected chi connectivity index (χ3v) is 5.11. The molecule has 3 heterocycles. The highest BCUT2D eigenvalue weighted by molar-refractivity contribution is 6.04. The molecule has 2 amide bonds. The predicted octanol–water partition coefficient (Wildman–Crippen LogP) is 3.43. The number of carbonyl (C=O) groups is 2. The lowest BCUT2D eigenvalue weighted by Crippen LogP contribution is -2.27. The van der Waals surface area contributed by atoms with Crippen LogP contribution in [0.1, 0.15) is 21.6 Å². The lowest BCUT2D eigenvalue weighted by molar-refractivity contribution is 0.0987. The lowest BCUT2D eigenvalue weighted by atomic mass is 10.1. The highest BCUT2D eigenvalue weighted by Gasteiger charge is 2.18. The van der Waals surface area contributed by atoms with E-state index in [1.54, 1.807) is 60.4 Å². The summed E-state index contributed by atoms with van der Waals surface area (Å²) >= 11 is 0. The number of aromatic nitrogens is 4. The summed E-state index contributed by atoms with van der Waals surface area (Å²) in [6.45, 7) is 1.82. The molecular formula is C23H19N7O3. The Labute approximate surface area is 189 Å². The van der Waals surface area contributed by atoms with Gasteiger partial charge in [-0.2, -0.15) is 5.26 Å². The van der Waals surface area contributed by atoms with Gasteiger partial charge in [0.05, 0.1) is 36.8 Å². The molecule has 0 unspecified atom stereocenters. The number of hydrogen-bond acceptors (Lipinski definition) is 7. The molecule has 0 fully saturated rings. The molecular weight excluding hydrogens is 422 g/mol. The molecule has 33 heavy (non-hydrogen) atoms. The summed E-state index contributed by atoms with van der Waals surface area (Å²) in [5, 5.41) is 11.6. The van der Waals surface area contributed by atoms with Gasteiger partial charge in [-0.05, 0) is 42.8 Å². The molecule has 0 saturated carbocycles. The Morgan fingerprint density at radius 2 is 1.94 bits per heavy atom. The zero-order chi connectivity index (χ0) is 23.5. The number of hydrogen-bond donors (Lipinski definition) is 1. The molecule has 10 heteroatoms. The minimum Gasteiger partial charge on any atom is -0.453 e. The van der Waals surface area contributed by atoms with Crippen molar-refractivity contribution in [2.24, 2.45) is 0 Å². The van der Waals surface area contributed by atoms with E-state index >= 15 is 0 Å². The van der Waals surface area contributed by atoms with Crippen LogP contribution in [0.5, 0.6) is 0 Å². The smallest absolute Gasteiger partial charge is 0.412 e. The van der Waals surface area contributed by atoms with Crippen LogP contribution in [0.3, 0.4) is 0 Å². The Kier molecular flexibility index (Phi) is 5.69. The van der Waals surface area contributed by atoms with Crippen molar-refractivity contribution < 1.29 is 14.3 Å². The molecule has 4 rings (SSSR count). The molecule has 1 N–H and O–H groups in total. The summed E-state index contributed by atoms with van der Waals surface area (Å²) in [4.78, 5) is 38.7. The van der Waals surface area contributed by atoms with Crippen molar-refractivity contribution >= 4 is 29.2 Å². The van der Waals surface area contributed by atoms with Gasteiger partial charge in [-0.1, -0.05) is 0 Å². The molecule has 0 spiro atoms. The van der Waals surface area contributed by atoms with Crippen LogP contribution < -0.4 is 10.2 Å². The second-order valence-electron chi connectivity index (χ2n) is 7.17. The molecule has 0 bridgehead atoms. The molecule has 10 nitrogen and oxygen atoms in total. The van der Waals surface area contributed by atoms with E-state index in [1.165, 1.54) is 18.2 Å². The topological polar surface area (TPSA) is 126 Å². The number of methoxy groups -OCH3 is 1. The second kappa shape index (κ2) is 8.76. The number of benzene rings is 1. The van der Waals surface area contributed by atoms with Gasteiger partial charge < -0.3 is 9.64 Å². The van der Waals surface area contributed by atoms with Crippen LogP contribution in [-0.4, -0.2) is 45.5 Å². The number of nitrogens with one attached hydrogen (secondary N) is 1. The Hall–Kier alpha value is -4.78. The highest BCUT2D eigenvalue weighted by atomic mass is 16.5. The summed E-state index contributed by atoms with van der Waals surface area (Å²) in [6.07, 6.45) is 5.77. The largest absolute Gasteiger partial charge is 0.453 e. The van der Waals surface area contributed by atoms with Gasteiger partial charge >= 0.3 is 6.09 Å². The monoisotopic (exact) mass is 441 g/mol. The molecule has 0 aliphatic heterocycles. The summed E-state index contributed by atoms with van der Waals surface area (Å²) < 4.78 is 6.31. The van der Waals surface area contributed by atoms with Gasteiger partial charge in [0.25, 0.3) is 5.91 Å². The van der Waals surface area contributed by atoms with Crippen molar-refractivity contribution in [2.75, 3.05) is 24.4 Å². The fraction of sp³-hybridized carbons (Fsp3) is 0.130. The molecule has 4 aromatic rings. The lowest BCUT2D eigenvalue weighted by Gasteiger charge is -2.18. The van der Waals surface area contributed by atoms with Crippen LogP contribution >= 0.6 is 0 Å². The quantitative estimate of drug-likeness (QED) is 0.514. The summed E-state index contributed by atoms with van der Waals surface area (Å²) in [5.74, 6) is 0.0349. The second-order valence-corrected chi connectivity index (χ2v) is 7.17. The molecule has 1 aromatic carbocycles. The van der Waals surface area contributed by atoms with Gasteiger partial charge in [0.2, 0.25) is 0 Å². The van der Waals surface area contributed by atoms with Gasteiger partial charge in [-0.3, -0.25) is 14.5 Å². The standard InChI is InChI=1S/C23H19N7O3/c1-14-8-17(6-4-15(14)9-24)29(2)22(31)18-13-30-19(11-27-21(30)12-25-18)16-5-7-20(26-10-16)28-23(32)33-3/h4-8,10-13H,1-3H3,(H,26,28,32). The average molecular weight is 441 g/mol. The molecule has 0 saturated heterocycles. The van der Waals surface area contributed by atoms with Crippen molar-refractivity contribution in [1.29, 1.82) is 5.26 Å². The van der Waals surface area contributed by atoms with E-state index in [0.717, 1.165) is 11.1 Å². The molecule has 0 radical (unpaired) electrons. The van der Waals surface area contributed by atoms with Crippen LogP contribution in [0.15, 0.2) is 55.1 Å². The van der Waals surface area contributed by atoms with Crippen LogP contribution in [0.2, 0.25) is 0 Å². The average Bonchev–Trinajstić information content (AvgIpc) is 3.26. The first-order valence-corrected chi connectivity index (χ1v) is 9.84. The number of aryl methyl sites for hydroxylation is 1. The number of ether oxygens (including phenoxy) is 1. The van der Waals surface area contributed by atoms with Crippen LogP contribution in [0.4, 0.5) is 16.3 Å². The Morgan fingerprint density at radius 3 is 2.61 bits per heavy atom. The van der Waals surface area contributed by atoms with Crippen molar-refractivity contribution in [3.05, 3.63) is 71.9 Å². The van der Waals surface area contributed by atoms with Gasteiger partial charge in [0, 0.05) is 30.7 Å². The van der Waals surface area contributed by atoms with Crippen LogP contribution in [-0.2, 0) is 4.74 Å². The summed E-state index contributed by atoms with van der Waals surface area (Å²) in [6, 6.07) is 10.7. The van der Waals surface area contributed by atoms with E-state index in [9.17, 15) is 9.59 Å². The maximum atomic E-state index is 13.1. The number of fused-ring (bicyclic) bond motifs is 1. The number of carbonyl (C=O) groups excluding carboxylic acids is 2. The number of imidazole rings is 1. The Bertz CT molecular complexity index is 1400. The van der Waals surface area contributed by atoms with Crippen molar-refractivity contribution in [3.63, 3.8) is 0 Å². The van der Waals surface area contributed by atoms with E-state index in [1.807, 2.05) is 6.92 Å². The fourth-order valence-corrected chi connectivity index (χ4v) is 3.26. The number of nitriles is 1. The third-order valence-electron chi connectivity index (χ3n) is 5.11. The molecule has 3 aromatic heterocycles. The molecule has 164 valence electrons. The maximum Gasteiger partial charge on any atom is 0.412 e.